The lowest BCUT2D eigenvalue weighted by molar-refractivity contribution is 0.0451. The van der Waals surface area contributed by atoms with Gasteiger partial charge in [0, 0.05) is 18.6 Å². The molecule has 0 saturated heterocycles. The zero-order valence-corrected chi connectivity index (χ0v) is 11.6. The standard InChI is InChI=1S/C16H25NO/c1-13-4-5-14(2)15(10-13)6-9-17-11-16(12-18)7-3-8-16/h4-5,10,17-18H,3,6-9,11-12H2,1-2H3. The number of benzene rings is 1. The molecule has 0 radical (unpaired) electrons. The Labute approximate surface area is 110 Å². The van der Waals surface area contributed by atoms with Crippen LogP contribution < -0.4 is 5.32 Å². The van der Waals surface area contributed by atoms with E-state index in [0.717, 1.165) is 19.5 Å². The van der Waals surface area contributed by atoms with Crippen molar-refractivity contribution in [3.63, 3.8) is 0 Å². The van der Waals surface area contributed by atoms with Gasteiger partial charge in [0.05, 0.1) is 0 Å². The topological polar surface area (TPSA) is 32.3 Å². The Hall–Kier alpha value is -0.860. The first-order valence-electron chi connectivity index (χ1n) is 7.03. The summed E-state index contributed by atoms with van der Waals surface area (Å²) in [5.41, 5.74) is 4.35. The predicted octanol–water partition coefficient (Wildman–Crippen LogP) is 2.60. The van der Waals surface area contributed by atoms with Gasteiger partial charge in [-0.3, -0.25) is 0 Å². The Morgan fingerprint density at radius 3 is 2.67 bits per heavy atom. The van der Waals surface area contributed by atoms with Crippen molar-refractivity contribution in [2.45, 2.75) is 39.5 Å². The Balaban J connectivity index is 1.76. The van der Waals surface area contributed by atoms with Gasteiger partial charge in [-0.25, -0.2) is 0 Å². The lowest BCUT2D eigenvalue weighted by Crippen LogP contribution is -2.43. The third kappa shape index (κ3) is 3.12. The van der Waals surface area contributed by atoms with E-state index in [4.69, 9.17) is 0 Å². The molecule has 1 aromatic carbocycles. The molecular weight excluding hydrogens is 222 g/mol. The minimum Gasteiger partial charge on any atom is -0.396 e. The van der Waals surface area contributed by atoms with Gasteiger partial charge in [0.25, 0.3) is 0 Å². The van der Waals surface area contributed by atoms with Crippen LogP contribution in [0.4, 0.5) is 0 Å². The summed E-state index contributed by atoms with van der Waals surface area (Å²) in [5.74, 6) is 0. The van der Waals surface area contributed by atoms with Crippen molar-refractivity contribution in [3.8, 4) is 0 Å². The van der Waals surface area contributed by atoms with Crippen LogP contribution in [0.2, 0.25) is 0 Å². The van der Waals surface area contributed by atoms with Crippen LogP contribution in [-0.4, -0.2) is 24.8 Å². The average molecular weight is 247 g/mol. The van der Waals surface area contributed by atoms with E-state index in [9.17, 15) is 5.11 Å². The summed E-state index contributed by atoms with van der Waals surface area (Å²) in [6.07, 6.45) is 4.72. The van der Waals surface area contributed by atoms with Crippen molar-refractivity contribution in [2.24, 2.45) is 5.41 Å². The molecule has 0 bridgehead atoms. The molecule has 1 saturated carbocycles. The highest BCUT2D eigenvalue weighted by Gasteiger charge is 2.35. The molecule has 0 atom stereocenters. The summed E-state index contributed by atoms with van der Waals surface area (Å²) >= 11 is 0. The van der Waals surface area contributed by atoms with Gasteiger partial charge in [0.15, 0.2) is 0 Å². The molecule has 1 aliphatic carbocycles. The molecule has 2 nitrogen and oxygen atoms in total. The molecule has 1 aromatic rings. The fraction of sp³-hybridized carbons (Fsp3) is 0.625. The van der Waals surface area contributed by atoms with Crippen molar-refractivity contribution in [1.82, 2.24) is 5.32 Å². The van der Waals surface area contributed by atoms with Crippen LogP contribution in [0.1, 0.15) is 36.0 Å². The van der Waals surface area contributed by atoms with Gasteiger partial charge < -0.3 is 10.4 Å². The maximum Gasteiger partial charge on any atom is 0.0499 e. The van der Waals surface area contributed by atoms with Crippen molar-refractivity contribution in [2.75, 3.05) is 19.7 Å². The second-order valence-corrected chi connectivity index (χ2v) is 5.87. The molecule has 2 heteroatoms. The van der Waals surface area contributed by atoms with Crippen molar-refractivity contribution >= 4 is 0 Å². The lowest BCUT2D eigenvalue weighted by Gasteiger charge is -2.40. The normalized spacial score (nSPS) is 17.5. The smallest absolute Gasteiger partial charge is 0.0499 e. The number of aryl methyl sites for hydroxylation is 2. The van der Waals surface area contributed by atoms with E-state index in [1.54, 1.807) is 0 Å². The van der Waals surface area contributed by atoms with Crippen LogP contribution in [0.3, 0.4) is 0 Å². The zero-order chi connectivity index (χ0) is 13.0. The van der Waals surface area contributed by atoms with Crippen LogP contribution in [0.25, 0.3) is 0 Å². The Kier molecular flexibility index (Phi) is 4.41. The molecule has 1 fully saturated rings. The monoisotopic (exact) mass is 247 g/mol. The SMILES string of the molecule is Cc1ccc(C)c(CCNCC2(CO)CCC2)c1. The van der Waals surface area contributed by atoms with Gasteiger partial charge in [0.1, 0.15) is 0 Å². The highest BCUT2D eigenvalue weighted by molar-refractivity contribution is 5.30. The lowest BCUT2D eigenvalue weighted by atomic mass is 9.69. The highest BCUT2D eigenvalue weighted by atomic mass is 16.3. The summed E-state index contributed by atoms with van der Waals surface area (Å²) in [4.78, 5) is 0. The molecule has 2 rings (SSSR count). The highest BCUT2D eigenvalue weighted by Crippen LogP contribution is 2.39. The molecular formula is C16H25NO. The van der Waals surface area contributed by atoms with Crippen LogP contribution in [0.15, 0.2) is 18.2 Å². The fourth-order valence-corrected chi connectivity index (χ4v) is 2.71. The van der Waals surface area contributed by atoms with Gasteiger partial charge in [-0.05, 0) is 50.8 Å². The second-order valence-electron chi connectivity index (χ2n) is 5.87. The van der Waals surface area contributed by atoms with Gasteiger partial charge in [-0.1, -0.05) is 30.2 Å². The minimum atomic E-state index is 0.196. The van der Waals surface area contributed by atoms with Crippen LogP contribution in [-0.2, 0) is 6.42 Å². The predicted molar refractivity (Wildman–Crippen MR) is 75.9 cm³/mol. The van der Waals surface area contributed by atoms with Crippen LogP contribution >= 0.6 is 0 Å². The van der Waals surface area contributed by atoms with Gasteiger partial charge in [-0.2, -0.15) is 0 Å². The Bertz CT molecular complexity index is 391. The number of aliphatic hydroxyl groups excluding tert-OH is 1. The molecule has 1 aliphatic rings. The van der Waals surface area contributed by atoms with E-state index in [1.165, 1.54) is 36.0 Å². The van der Waals surface area contributed by atoms with Crippen LogP contribution in [0.5, 0.6) is 0 Å². The number of rotatable bonds is 6. The minimum absolute atomic E-state index is 0.196. The van der Waals surface area contributed by atoms with Gasteiger partial charge >= 0.3 is 0 Å². The molecule has 0 aliphatic heterocycles. The molecule has 100 valence electrons. The average Bonchev–Trinajstić information content (AvgIpc) is 2.31. The molecule has 2 N–H and O–H groups in total. The summed E-state index contributed by atoms with van der Waals surface area (Å²) in [6.45, 7) is 6.63. The first kappa shape index (κ1) is 13.6. The van der Waals surface area contributed by atoms with Crippen LogP contribution in [0, 0.1) is 19.3 Å². The number of hydrogen-bond acceptors (Lipinski definition) is 2. The molecule has 18 heavy (non-hydrogen) atoms. The molecule has 0 spiro atoms. The number of nitrogens with one attached hydrogen (secondary N) is 1. The van der Waals surface area contributed by atoms with Gasteiger partial charge in [-0.15, -0.1) is 0 Å². The molecule has 0 unspecified atom stereocenters. The van der Waals surface area contributed by atoms with E-state index in [2.05, 4.69) is 37.4 Å². The summed E-state index contributed by atoms with van der Waals surface area (Å²) in [6, 6.07) is 6.65. The summed E-state index contributed by atoms with van der Waals surface area (Å²) in [5, 5.41) is 12.9. The van der Waals surface area contributed by atoms with E-state index in [1.807, 2.05) is 0 Å². The van der Waals surface area contributed by atoms with E-state index < -0.39 is 0 Å². The summed E-state index contributed by atoms with van der Waals surface area (Å²) in [7, 11) is 0. The molecule has 0 aromatic heterocycles. The maximum atomic E-state index is 9.39. The van der Waals surface area contributed by atoms with Gasteiger partial charge in [0.2, 0.25) is 0 Å². The maximum absolute atomic E-state index is 9.39. The summed E-state index contributed by atoms with van der Waals surface area (Å²) < 4.78 is 0. The van der Waals surface area contributed by atoms with Crippen molar-refractivity contribution in [1.29, 1.82) is 0 Å². The fourth-order valence-electron chi connectivity index (χ4n) is 2.71. The first-order valence-corrected chi connectivity index (χ1v) is 7.03. The molecule has 0 amide bonds. The second kappa shape index (κ2) is 5.85. The van der Waals surface area contributed by atoms with Crippen molar-refractivity contribution < 1.29 is 5.11 Å². The first-order chi connectivity index (χ1) is 8.65. The Morgan fingerprint density at radius 1 is 1.28 bits per heavy atom. The molecule has 0 heterocycles. The zero-order valence-electron chi connectivity index (χ0n) is 11.6. The number of hydrogen-bond donors (Lipinski definition) is 2. The van der Waals surface area contributed by atoms with E-state index in [0.29, 0.717) is 6.61 Å². The number of aliphatic hydroxyl groups is 1. The van der Waals surface area contributed by atoms with Crippen molar-refractivity contribution in [3.05, 3.63) is 34.9 Å². The largest absolute Gasteiger partial charge is 0.396 e. The van der Waals surface area contributed by atoms with E-state index in [-0.39, 0.29) is 5.41 Å². The van der Waals surface area contributed by atoms with E-state index >= 15 is 0 Å². The quantitative estimate of drug-likeness (QED) is 0.757. The Morgan fingerprint density at radius 2 is 2.06 bits per heavy atom. The third-order valence-electron chi connectivity index (χ3n) is 4.33. The third-order valence-corrected chi connectivity index (χ3v) is 4.33.